The number of hydrogen-bond acceptors (Lipinski definition) is 5. The number of nitrogens with zero attached hydrogens (tertiary/aromatic N) is 3. The number of carbonyl (C=O) groups excluding carboxylic acids is 1. The molecule has 4 rings (SSSR count). The van der Waals surface area contributed by atoms with Gasteiger partial charge in [0.15, 0.2) is 0 Å². The average molecular weight is 363 g/mol. The molecule has 6 nitrogen and oxygen atoms in total. The number of amides is 1. The minimum absolute atomic E-state index is 0.00699. The Morgan fingerprint density at radius 3 is 2.96 bits per heavy atom. The summed E-state index contributed by atoms with van der Waals surface area (Å²) in [6.45, 7) is 0.708. The molecule has 1 amide bonds. The minimum Gasteiger partial charge on any atom is -0.497 e. The number of benzene rings is 1. The van der Waals surface area contributed by atoms with Crippen molar-refractivity contribution in [3.05, 3.63) is 77.8 Å². The van der Waals surface area contributed by atoms with Gasteiger partial charge in [0.2, 0.25) is 5.89 Å². The molecule has 0 N–H and O–H groups in total. The number of rotatable bonds is 5. The molecule has 27 heavy (non-hydrogen) atoms. The third-order valence-corrected chi connectivity index (χ3v) is 4.81. The molecule has 1 aromatic carbocycles. The van der Waals surface area contributed by atoms with Crippen LogP contribution in [0.3, 0.4) is 0 Å². The molecule has 1 saturated heterocycles. The van der Waals surface area contributed by atoms with E-state index in [1.807, 2.05) is 29.2 Å². The van der Waals surface area contributed by atoms with E-state index in [0.29, 0.717) is 24.4 Å². The number of oxazole rings is 1. The van der Waals surface area contributed by atoms with E-state index in [1.54, 1.807) is 37.8 Å². The molecule has 0 bridgehead atoms. The van der Waals surface area contributed by atoms with Gasteiger partial charge in [0.25, 0.3) is 5.91 Å². The predicted octanol–water partition coefficient (Wildman–Crippen LogP) is 3.65. The Labute approximate surface area is 157 Å². The van der Waals surface area contributed by atoms with E-state index in [0.717, 1.165) is 29.9 Å². The zero-order valence-corrected chi connectivity index (χ0v) is 15.2. The Balaban J connectivity index is 1.51. The van der Waals surface area contributed by atoms with Crippen LogP contribution in [0, 0.1) is 0 Å². The van der Waals surface area contributed by atoms with Crippen LogP contribution in [0.5, 0.6) is 5.75 Å². The first kappa shape index (κ1) is 17.3. The van der Waals surface area contributed by atoms with Crippen LogP contribution in [0.25, 0.3) is 0 Å². The first-order chi connectivity index (χ1) is 13.2. The SMILES string of the molecule is COc1cccc(Cc2cnc([C@H]3CCCN3C(=O)c3ccncc3)o2)c1. The van der Waals surface area contributed by atoms with Crippen LogP contribution < -0.4 is 4.74 Å². The van der Waals surface area contributed by atoms with Crippen molar-refractivity contribution in [1.29, 1.82) is 0 Å². The van der Waals surface area contributed by atoms with Crippen LogP contribution in [0.2, 0.25) is 0 Å². The maximum Gasteiger partial charge on any atom is 0.254 e. The van der Waals surface area contributed by atoms with E-state index in [9.17, 15) is 4.79 Å². The summed E-state index contributed by atoms with van der Waals surface area (Å²) < 4.78 is 11.3. The van der Waals surface area contributed by atoms with Gasteiger partial charge in [-0.1, -0.05) is 12.1 Å². The number of likely N-dealkylation sites (tertiary alicyclic amines) is 1. The number of pyridine rings is 1. The Hall–Kier alpha value is -3.15. The normalized spacial score (nSPS) is 16.5. The van der Waals surface area contributed by atoms with Crippen LogP contribution >= 0.6 is 0 Å². The van der Waals surface area contributed by atoms with Crippen molar-refractivity contribution in [2.24, 2.45) is 0 Å². The second kappa shape index (κ2) is 7.61. The topological polar surface area (TPSA) is 68.5 Å². The maximum atomic E-state index is 12.8. The summed E-state index contributed by atoms with van der Waals surface area (Å²) in [6, 6.07) is 11.2. The quantitative estimate of drug-likeness (QED) is 0.692. The third-order valence-electron chi connectivity index (χ3n) is 4.81. The van der Waals surface area contributed by atoms with Gasteiger partial charge in [-0.25, -0.2) is 4.98 Å². The van der Waals surface area contributed by atoms with E-state index < -0.39 is 0 Å². The monoisotopic (exact) mass is 363 g/mol. The van der Waals surface area contributed by atoms with Crippen LogP contribution in [0.4, 0.5) is 0 Å². The van der Waals surface area contributed by atoms with Crippen molar-refractivity contribution < 1.29 is 13.9 Å². The standard InChI is InChI=1S/C21H21N3O3/c1-26-17-5-2-4-15(12-17)13-18-14-23-20(27-18)19-6-3-11-24(19)21(25)16-7-9-22-10-8-16/h2,4-5,7-10,12,14,19H,3,6,11,13H2,1H3/t19-/m1/s1. The first-order valence-electron chi connectivity index (χ1n) is 9.03. The van der Waals surface area contributed by atoms with Crippen molar-refractivity contribution in [3.8, 4) is 5.75 Å². The summed E-state index contributed by atoms with van der Waals surface area (Å²) >= 11 is 0. The van der Waals surface area contributed by atoms with Crippen molar-refractivity contribution in [3.63, 3.8) is 0 Å². The van der Waals surface area contributed by atoms with E-state index in [1.165, 1.54) is 0 Å². The van der Waals surface area contributed by atoms with Gasteiger partial charge in [-0.2, -0.15) is 0 Å². The van der Waals surface area contributed by atoms with Gasteiger partial charge >= 0.3 is 0 Å². The number of aromatic nitrogens is 2. The molecule has 1 aliphatic rings. The van der Waals surface area contributed by atoms with Crippen molar-refractivity contribution in [2.45, 2.75) is 25.3 Å². The third kappa shape index (κ3) is 3.69. The van der Waals surface area contributed by atoms with Crippen LogP contribution in [-0.2, 0) is 6.42 Å². The van der Waals surface area contributed by atoms with E-state index in [-0.39, 0.29) is 11.9 Å². The summed E-state index contributed by atoms with van der Waals surface area (Å²) in [6.07, 6.45) is 7.45. The lowest BCUT2D eigenvalue weighted by molar-refractivity contribution is 0.0714. The second-order valence-corrected chi connectivity index (χ2v) is 6.59. The molecule has 138 valence electrons. The van der Waals surface area contributed by atoms with Gasteiger partial charge in [-0.05, 0) is 42.7 Å². The summed E-state index contributed by atoms with van der Waals surface area (Å²) in [5.41, 5.74) is 1.73. The summed E-state index contributed by atoms with van der Waals surface area (Å²) in [5, 5.41) is 0. The molecule has 0 aliphatic carbocycles. The average Bonchev–Trinajstić information content (AvgIpc) is 3.37. The molecule has 0 spiro atoms. The van der Waals surface area contributed by atoms with Gasteiger partial charge in [-0.3, -0.25) is 9.78 Å². The van der Waals surface area contributed by atoms with Crippen molar-refractivity contribution in [2.75, 3.05) is 13.7 Å². The molecule has 1 atom stereocenters. The van der Waals surface area contributed by atoms with Crippen molar-refractivity contribution in [1.82, 2.24) is 14.9 Å². The lowest BCUT2D eigenvalue weighted by atomic mass is 10.1. The predicted molar refractivity (Wildman–Crippen MR) is 99.6 cm³/mol. The smallest absolute Gasteiger partial charge is 0.254 e. The van der Waals surface area contributed by atoms with Gasteiger partial charge in [0, 0.05) is 30.9 Å². The molecule has 0 radical (unpaired) electrons. The largest absolute Gasteiger partial charge is 0.497 e. The highest BCUT2D eigenvalue weighted by Gasteiger charge is 2.33. The Bertz CT molecular complexity index is 923. The number of methoxy groups -OCH3 is 1. The molecular formula is C21H21N3O3. The van der Waals surface area contributed by atoms with E-state index >= 15 is 0 Å². The fourth-order valence-electron chi connectivity index (χ4n) is 3.47. The molecule has 3 aromatic rings. The van der Waals surface area contributed by atoms with Gasteiger partial charge in [0.05, 0.1) is 13.3 Å². The molecule has 6 heteroatoms. The summed E-state index contributed by atoms with van der Waals surface area (Å²) in [5.74, 6) is 2.19. The van der Waals surface area contributed by atoms with Crippen LogP contribution in [0.15, 0.2) is 59.4 Å². The van der Waals surface area contributed by atoms with Gasteiger partial charge < -0.3 is 14.1 Å². The number of carbonyl (C=O) groups is 1. The zero-order chi connectivity index (χ0) is 18.6. The number of hydrogen-bond donors (Lipinski definition) is 0. The lowest BCUT2D eigenvalue weighted by Crippen LogP contribution is -2.30. The highest BCUT2D eigenvalue weighted by atomic mass is 16.5. The lowest BCUT2D eigenvalue weighted by Gasteiger charge is -2.22. The number of ether oxygens (including phenoxy) is 1. The summed E-state index contributed by atoms with van der Waals surface area (Å²) in [7, 11) is 1.65. The molecule has 1 fully saturated rings. The Morgan fingerprint density at radius 2 is 2.15 bits per heavy atom. The molecule has 3 heterocycles. The fraction of sp³-hybridized carbons (Fsp3) is 0.286. The highest BCUT2D eigenvalue weighted by Crippen LogP contribution is 2.33. The zero-order valence-electron chi connectivity index (χ0n) is 15.2. The molecule has 0 unspecified atom stereocenters. The summed E-state index contributed by atoms with van der Waals surface area (Å²) in [4.78, 5) is 23.1. The van der Waals surface area contributed by atoms with Crippen LogP contribution in [0.1, 0.15) is 46.5 Å². The molecule has 2 aromatic heterocycles. The fourth-order valence-corrected chi connectivity index (χ4v) is 3.47. The van der Waals surface area contributed by atoms with Crippen LogP contribution in [-0.4, -0.2) is 34.4 Å². The first-order valence-corrected chi connectivity index (χ1v) is 9.03. The molecule has 1 aliphatic heterocycles. The van der Waals surface area contributed by atoms with Gasteiger partial charge in [-0.15, -0.1) is 0 Å². The molecule has 0 saturated carbocycles. The maximum absolute atomic E-state index is 12.8. The Kier molecular flexibility index (Phi) is 4.87. The van der Waals surface area contributed by atoms with Crippen molar-refractivity contribution >= 4 is 5.91 Å². The highest BCUT2D eigenvalue weighted by molar-refractivity contribution is 5.94. The molecular weight excluding hydrogens is 342 g/mol. The second-order valence-electron chi connectivity index (χ2n) is 6.59. The minimum atomic E-state index is -0.121. The van der Waals surface area contributed by atoms with E-state index in [2.05, 4.69) is 9.97 Å². The Morgan fingerprint density at radius 1 is 1.30 bits per heavy atom. The van der Waals surface area contributed by atoms with Gasteiger partial charge in [0.1, 0.15) is 17.6 Å². The van der Waals surface area contributed by atoms with E-state index in [4.69, 9.17) is 9.15 Å².